The average molecular weight is 341 g/mol. The molecule has 0 fully saturated rings. The number of aliphatic carboxylic acids is 1. The van der Waals surface area contributed by atoms with E-state index >= 15 is 0 Å². The van der Waals surface area contributed by atoms with E-state index in [1.807, 2.05) is 24.3 Å². The van der Waals surface area contributed by atoms with Crippen LogP contribution < -0.4 is 5.32 Å². The Labute approximate surface area is 142 Å². The van der Waals surface area contributed by atoms with Crippen molar-refractivity contribution in [2.45, 2.75) is 12.5 Å². The number of phenolic OH excluding ortho intramolecular Hbond substituents is 1. The average Bonchev–Trinajstić information content (AvgIpc) is 3.00. The van der Waals surface area contributed by atoms with Gasteiger partial charge in [-0.05, 0) is 35.2 Å². The Morgan fingerprint density at radius 1 is 1.08 bits per heavy atom. The van der Waals surface area contributed by atoms with Crippen molar-refractivity contribution in [3.8, 4) is 5.75 Å². The molecule has 0 radical (unpaired) electrons. The van der Waals surface area contributed by atoms with E-state index in [4.69, 9.17) is 0 Å². The van der Waals surface area contributed by atoms with Crippen LogP contribution in [-0.4, -0.2) is 28.1 Å². The Hall–Kier alpha value is -2.86. The topological polar surface area (TPSA) is 86.6 Å². The van der Waals surface area contributed by atoms with Crippen LogP contribution in [0.5, 0.6) is 5.75 Å². The largest absolute Gasteiger partial charge is 0.508 e. The fraction of sp³-hybridized carbons (Fsp3) is 0.111. The van der Waals surface area contributed by atoms with Crippen LogP contribution in [0.2, 0.25) is 0 Å². The van der Waals surface area contributed by atoms with Gasteiger partial charge in [-0.2, -0.15) is 0 Å². The first-order valence-corrected chi connectivity index (χ1v) is 8.15. The number of phenols is 1. The number of nitrogens with one attached hydrogen (secondary N) is 1. The van der Waals surface area contributed by atoms with Crippen LogP contribution in [0.3, 0.4) is 0 Å². The van der Waals surface area contributed by atoms with Gasteiger partial charge in [0, 0.05) is 11.1 Å². The Morgan fingerprint density at radius 3 is 2.46 bits per heavy atom. The van der Waals surface area contributed by atoms with Gasteiger partial charge in [-0.25, -0.2) is 4.79 Å². The summed E-state index contributed by atoms with van der Waals surface area (Å²) < 4.78 is 0.980. The summed E-state index contributed by atoms with van der Waals surface area (Å²) in [5.74, 6) is -1.39. The number of aromatic hydroxyl groups is 1. The predicted octanol–water partition coefficient (Wildman–Crippen LogP) is 3.03. The second-order valence-electron chi connectivity index (χ2n) is 5.38. The molecule has 3 aromatic rings. The van der Waals surface area contributed by atoms with Gasteiger partial charge in [0.25, 0.3) is 5.91 Å². The molecular formula is C18H15NO4S. The zero-order valence-corrected chi connectivity index (χ0v) is 13.4. The molecule has 0 bridgehead atoms. The van der Waals surface area contributed by atoms with Crippen LogP contribution in [0.1, 0.15) is 15.2 Å². The standard InChI is InChI=1S/C18H15NO4S/c20-13-7-5-11(6-8-13)9-14(18(22)23)19-17(21)16-10-12-3-1-2-4-15(12)24-16/h1-8,10,14,20H,9H2,(H,19,21)(H,22,23)/t14-/m0/s1. The van der Waals surface area contributed by atoms with E-state index in [9.17, 15) is 19.8 Å². The summed E-state index contributed by atoms with van der Waals surface area (Å²) in [6.07, 6.45) is 0.145. The third-order valence-electron chi connectivity index (χ3n) is 3.63. The Balaban J connectivity index is 1.76. The van der Waals surface area contributed by atoms with Crippen molar-refractivity contribution in [2.24, 2.45) is 0 Å². The number of hydrogen-bond donors (Lipinski definition) is 3. The molecule has 0 unspecified atom stereocenters. The molecule has 3 rings (SSSR count). The Bertz CT molecular complexity index is 852. The van der Waals surface area contributed by atoms with E-state index in [-0.39, 0.29) is 12.2 Å². The summed E-state index contributed by atoms with van der Waals surface area (Å²) >= 11 is 1.33. The first-order valence-electron chi connectivity index (χ1n) is 7.33. The number of carboxylic acid groups (broad SMARTS) is 1. The molecule has 1 aromatic heterocycles. The van der Waals surface area contributed by atoms with Gasteiger partial charge < -0.3 is 15.5 Å². The van der Waals surface area contributed by atoms with Gasteiger partial charge in [-0.3, -0.25) is 4.79 Å². The number of amides is 1. The van der Waals surface area contributed by atoms with Gasteiger partial charge in [0.05, 0.1) is 4.88 Å². The lowest BCUT2D eigenvalue weighted by Gasteiger charge is -2.14. The van der Waals surface area contributed by atoms with Crippen molar-refractivity contribution in [1.82, 2.24) is 5.32 Å². The Morgan fingerprint density at radius 2 is 1.79 bits per heavy atom. The van der Waals surface area contributed by atoms with Gasteiger partial charge in [0.2, 0.25) is 0 Å². The molecule has 24 heavy (non-hydrogen) atoms. The van der Waals surface area contributed by atoms with Crippen LogP contribution in [0.4, 0.5) is 0 Å². The fourth-order valence-corrected chi connectivity index (χ4v) is 3.36. The molecule has 1 heterocycles. The second kappa shape index (κ2) is 6.72. The van der Waals surface area contributed by atoms with Gasteiger partial charge in [0.15, 0.2) is 0 Å². The maximum Gasteiger partial charge on any atom is 0.326 e. The SMILES string of the molecule is O=C(N[C@@H](Cc1ccc(O)cc1)C(=O)O)c1cc2ccccc2s1. The molecule has 0 saturated carbocycles. The zero-order chi connectivity index (χ0) is 17.1. The highest BCUT2D eigenvalue weighted by atomic mass is 32.1. The summed E-state index contributed by atoms with van der Waals surface area (Å²) in [7, 11) is 0. The number of thiophene rings is 1. The molecule has 1 atom stereocenters. The van der Waals surface area contributed by atoms with Gasteiger partial charge in [-0.15, -0.1) is 11.3 Å². The van der Waals surface area contributed by atoms with E-state index in [0.29, 0.717) is 4.88 Å². The van der Waals surface area contributed by atoms with Crippen LogP contribution in [0.15, 0.2) is 54.6 Å². The van der Waals surface area contributed by atoms with Crippen molar-refractivity contribution < 1.29 is 19.8 Å². The third-order valence-corrected chi connectivity index (χ3v) is 4.74. The highest BCUT2D eigenvalue weighted by molar-refractivity contribution is 7.20. The number of carbonyl (C=O) groups excluding carboxylic acids is 1. The van der Waals surface area contributed by atoms with E-state index in [1.54, 1.807) is 18.2 Å². The van der Waals surface area contributed by atoms with Crippen LogP contribution in [0.25, 0.3) is 10.1 Å². The summed E-state index contributed by atoms with van der Waals surface area (Å²) in [6, 6.07) is 14.6. The van der Waals surface area contributed by atoms with Gasteiger partial charge >= 0.3 is 5.97 Å². The molecule has 2 aromatic carbocycles. The van der Waals surface area contributed by atoms with E-state index in [0.717, 1.165) is 15.6 Å². The highest BCUT2D eigenvalue weighted by Gasteiger charge is 2.22. The molecule has 6 heteroatoms. The first kappa shape index (κ1) is 16.0. The summed E-state index contributed by atoms with van der Waals surface area (Å²) in [4.78, 5) is 24.3. The number of fused-ring (bicyclic) bond motifs is 1. The van der Waals surface area contributed by atoms with Crippen LogP contribution in [0, 0.1) is 0 Å². The zero-order valence-electron chi connectivity index (χ0n) is 12.6. The van der Waals surface area contributed by atoms with Crippen LogP contribution in [-0.2, 0) is 11.2 Å². The highest BCUT2D eigenvalue weighted by Crippen LogP contribution is 2.25. The number of carboxylic acids is 1. The molecule has 0 aliphatic rings. The monoisotopic (exact) mass is 341 g/mol. The normalized spacial score (nSPS) is 12.0. The fourth-order valence-electron chi connectivity index (χ4n) is 2.39. The molecule has 5 nitrogen and oxygen atoms in total. The maximum absolute atomic E-state index is 12.4. The number of carbonyl (C=O) groups is 2. The van der Waals surface area contributed by atoms with E-state index in [2.05, 4.69) is 5.32 Å². The minimum absolute atomic E-state index is 0.111. The molecule has 0 spiro atoms. The van der Waals surface area contributed by atoms with E-state index < -0.39 is 17.9 Å². The summed E-state index contributed by atoms with van der Waals surface area (Å²) in [6.45, 7) is 0. The maximum atomic E-state index is 12.4. The van der Waals surface area contributed by atoms with E-state index in [1.165, 1.54) is 23.5 Å². The smallest absolute Gasteiger partial charge is 0.326 e. The first-order chi connectivity index (χ1) is 11.5. The molecular weight excluding hydrogens is 326 g/mol. The van der Waals surface area contributed by atoms with Crippen molar-refractivity contribution >= 4 is 33.3 Å². The number of hydrogen-bond acceptors (Lipinski definition) is 4. The number of rotatable bonds is 5. The molecule has 0 aliphatic carbocycles. The third kappa shape index (κ3) is 3.55. The summed E-state index contributed by atoms with van der Waals surface area (Å²) in [5, 5.41) is 22.2. The quantitative estimate of drug-likeness (QED) is 0.666. The van der Waals surface area contributed by atoms with Crippen molar-refractivity contribution in [2.75, 3.05) is 0 Å². The van der Waals surface area contributed by atoms with Gasteiger partial charge in [0.1, 0.15) is 11.8 Å². The minimum Gasteiger partial charge on any atom is -0.508 e. The van der Waals surface area contributed by atoms with Crippen molar-refractivity contribution in [1.29, 1.82) is 0 Å². The second-order valence-corrected chi connectivity index (χ2v) is 6.47. The molecule has 0 aliphatic heterocycles. The lowest BCUT2D eigenvalue weighted by Crippen LogP contribution is -2.42. The van der Waals surface area contributed by atoms with Crippen molar-refractivity contribution in [3.05, 3.63) is 65.0 Å². The van der Waals surface area contributed by atoms with Crippen LogP contribution >= 0.6 is 11.3 Å². The predicted molar refractivity (Wildman–Crippen MR) is 92.5 cm³/mol. The minimum atomic E-state index is -1.10. The molecule has 122 valence electrons. The molecule has 3 N–H and O–H groups in total. The van der Waals surface area contributed by atoms with Crippen molar-refractivity contribution in [3.63, 3.8) is 0 Å². The lowest BCUT2D eigenvalue weighted by molar-refractivity contribution is -0.139. The summed E-state index contributed by atoms with van der Waals surface area (Å²) in [5.41, 5.74) is 0.719. The number of benzene rings is 2. The molecule has 1 amide bonds. The van der Waals surface area contributed by atoms with Gasteiger partial charge in [-0.1, -0.05) is 30.3 Å². The Kier molecular flexibility index (Phi) is 4.48. The molecule has 0 saturated heterocycles. The lowest BCUT2D eigenvalue weighted by atomic mass is 10.1.